The predicted molar refractivity (Wildman–Crippen MR) is 111 cm³/mol. The minimum Gasteiger partial charge on any atom is -0.493 e. The summed E-state index contributed by atoms with van der Waals surface area (Å²) in [5.41, 5.74) is 1.13. The smallest absolute Gasteiger partial charge is 0.161 e. The summed E-state index contributed by atoms with van der Waals surface area (Å²) in [7, 11) is 1.64. The van der Waals surface area contributed by atoms with Gasteiger partial charge in [-0.25, -0.2) is 4.98 Å². The lowest BCUT2D eigenvalue weighted by atomic mass is 10.2. The molecule has 0 saturated heterocycles. The van der Waals surface area contributed by atoms with Crippen LogP contribution in [0.15, 0.2) is 36.9 Å². The molecule has 2 aromatic rings. The monoisotopic (exact) mass is 390 g/mol. The molecule has 156 valence electrons. The highest BCUT2D eigenvalue weighted by atomic mass is 16.5. The number of benzene rings is 1. The van der Waals surface area contributed by atoms with Gasteiger partial charge in [-0.2, -0.15) is 0 Å². The zero-order valence-corrected chi connectivity index (χ0v) is 17.3. The summed E-state index contributed by atoms with van der Waals surface area (Å²) in [6, 6.07) is 5.91. The van der Waals surface area contributed by atoms with E-state index in [9.17, 15) is 5.11 Å². The molecule has 0 aliphatic heterocycles. The van der Waals surface area contributed by atoms with Gasteiger partial charge >= 0.3 is 0 Å². The molecule has 0 fully saturated rings. The molecule has 0 spiro atoms. The van der Waals surface area contributed by atoms with Crippen LogP contribution >= 0.6 is 0 Å². The van der Waals surface area contributed by atoms with Crippen molar-refractivity contribution in [1.82, 2.24) is 19.8 Å². The van der Waals surface area contributed by atoms with E-state index in [0.717, 1.165) is 44.7 Å². The third-order valence-corrected chi connectivity index (χ3v) is 4.68. The van der Waals surface area contributed by atoms with Crippen LogP contribution < -0.4 is 14.8 Å². The minimum atomic E-state index is -0.526. The highest BCUT2D eigenvalue weighted by molar-refractivity contribution is 5.43. The third kappa shape index (κ3) is 7.50. The Balaban J connectivity index is 1.75. The summed E-state index contributed by atoms with van der Waals surface area (Å²) in [4.78, 5) is 6.22. The van der Waals surface area contributed by atoms with Gasteiger partial charge in [0.05, 0.1) is 13.4 Å². The second-order valence-electron chi connectivity index (χ2n) is 6.77. The topological polar surface area (TPSA) is 71.8 Å². The van der Waals surface area contributed by atoms with E-state index in [0.29, 0.717) is 18.0 Å². The average molecular weight is 391 g/mol. The molecule has 7 heteroatoms. The lowest BCUT2D eigenvalue weighted by molar-refractivity contribution is 0.0705. The number of hydrogen-bond donors (Lipinski definition) is 2. The highest BCUT2D eigenvalue weighted by Crippen LogP contribution is 2.28. The standard InChI is InChI=1S/C21H34N4O3/c1-4-24(5-2)15-19(26)16-28-20-8-7-18(13-21(20)27-3)14-22-9-6-11-25-12-10-23-17-25/h7-8,10,12-13,17,19,22,26H,4-6,9,11,14-16H2,1-3H3/t19-/m1/s1. The van der Waals surface area contributed by atoms with Gasteiger partial charge in [-0.05, 0) is 43.8 Å². The molecule has 0 aliphatic rings. The summed E-state index contributed by atoms with van der Waals surface area (Å²) < 4.78 is 13.3. The van der Waals surface area contributed by atoms with E-state index in [1.54, 1.807) is 13.3 Å². The Labute approximate surface area is 168 Å². The number of likely N-dealkylation sites (N-methyl/N-ethyl adjacent to an activating group) is 1. The van der Waals surface area contributed by atoms with E-state index >= 15 is 0 Å². The van der Waals surface area contributed by atoms with Crippen LogP contribution in [0.5, 0.6) is 11.5 Å². The fourth-order valence-electron chi connectivity index (χ4n) is 3.00. The number of aryl methyl sites for hydroxylation is 1. The summed E-state index contributed by atoms with van der Waals surface area (Å²) in [5, 5.41) is 13.6. The second kappa shape index (κ2) is 12.4. The molecule has 2 N–H and O–H groups in total. The van der Waals surface area contributed by atoms with Gasteiger partial charge in [0.1, 0.15) is 12.7 Å². The summed E-state index contributed by atoms with van der Waals surface area (Å²) in [5.74, 6) is 1.35. The molecule has 0 bridgehead atoms. The van der Waals surface area contributed by atoms with Crippen molar-refractivity contribution in [2.45, 2.75) is 39.5 Å². The average Bonchev–Trinajstić information content (AvgIpc) is 3.24. The molecule has 2 rings (SSSR count). The first-order valence-electron chi connectivity index (χ1n) is 10.0. The van der Waals surface area contributed by atoms with E-state index in [2.05, 4.69) is 33.6 Å². The first-order valence-corrected chi connectivity index (χ1v) is 10.0. The van der Waals surface area contributed by atoms with Gasteiger partial charge in [0, 0.05) is 32.0 Å². The number of aliphatic hydroxyl groups is 1. The van der Waals surface area contributed by atoms with Crippen molar-refractivity contribution in [1.29, 1.82) is 0 Å². The van der Waals surface area contributed by atoms with E-state index in [1.165, 1.54) is 0 Å². The number of nitrogens with zero attached hydrogens (tertiary/aromatic N) is 3. The lowest BCUT2D eigenvalue weighted by Gasteiger charge is -2.22. The maximum absolute atomic E-state index is 10.2. The van der Waals surface area contributed by atoms with Crippen molar-refractivity contribution in [2.24, 2.45) is 0 Å². The van der Waals surface area contributed by atoms with Gasteiger partial charge < -0.3 is 29.4 Å². The second-order valence-corrected chi connectivity index (χ2v) is 6.77. The number of nitrogens with one attached hydrogen (secondary N) is 1. The Kier molecular flexibility index (Phi) is 9.82. The first-order chi connectivity index (χ1) is 13.7. The zero-order valence-electron chi connectivity index (χ0n) is 17.3. The van der Waals surface area contributed by atoms with Gasteiger partial charge in [-0.1, -0.05) is 19.9 Å². The van der Waals surface area contributed by atoms with Crippen molar-refractivity contribution in [2.75, 3.05) is 39.9 Å². The van der Waals surface area contributed by atoms with Crippen molar-refractivity contribution >= 4 is 0 Å². The van der Waals surface area contributed by atoms with Gasteiger partial charge in [-0.15, -0.1) is 0 Å². The van der Waals surface area contributed by atoms with Gasteiger partial charge in [0.2, 0.25) is 0 Å². The fourth-order valence-corrected chi connectivity index (χ4v) is 3.00. The Morgan fingerprint density at radius 2 is 2.07 bits per heavy atom. The van der Waals surface area contributed by atoms with E-state index < -0.39 is 6.10 Å². The van der Waals surface area contributed by atoms with Crippen LogP contribution in [-0.4, -0.2) is 65.6 Å². The van der Waals surface area contributed by atoms with Crippen LogP contribution in [0.3, 0.4) is 0 Å². The van der Waals surface area contributed by atoms with Crippen LogP contribution in [-0.2, 0) is 13.1 Å². The summed E-state index contributed by atoms with van der Waals surface area (Å²) in [6.45, 7) is 9.52. The molecule has 0 saturated carbocycles. The SMILES string of the molecule is CCN(CC)C[C@@H](O)COc1ccc(CNCCCn2ccnc2)cc1OC. The van der Waals surface area contributed by atoms with Gasteiger partial charge in [0.25, 0.3) is 0 Å². The maximum Gasteiger partial charge on any atom is 0.161 e. The van der Waals surface area contributed by atoms with E-state index in [-0.39, 0.29) is 6.61 Å². The zero-order chi connectivity index (χ0) is 20.2. The number of rotatable bonds is 14. The highest BCUT2D eigenvalue weighted by Gasteiger charge is 2.12. The number of imidazole rings is 1. The van der Waals surface area contributed by atoms with Gasteiger partial charge in [-0.3, -0.25) is 0 Å². The normalized spacial score (nSPS) is 12.3. The molecule has 1 heterocycles. The minimum absolute atomic E-state index is 0.249. The van der Waals surface area contributed by atoms with Crippen molar-refractivity contribution in [3.8, 4) is 11.5 Å². The molecule has 0 aliphatic carbocycles. The number of aromatic nitrogens is 2. The van der Waals surface area contributed by atoms with Crippen LogP contribution in [0.2, 0.25) is 0 Å². The molecule has 0 amide bonds. The van der Waals surface area contributed by atoms with Crippen LogP contribution in [0.1, 0.15) is 25.8 Å². The van der Waals surface area contributed by atoms with Crippen molar-refractivity contribution in [3.63, 3.8) is 0 Å². The molecule has 7 nitrogen and oxygen atoms in total. The van der Waals surface area contributed by atoms with Crippen LogP contribution in [0.25, 0.3) is 0 Å². The van der Waals surface area contributed by atoms with Crippen LogP contribution in [0.4, 0.5) is 0 Å². The van der Waals surface area contributed by atoms with E-state index in [4.69, 9.17) is 9.47 Å². The largest absolute Gasteiger partial charge is 0.493 e. The third-order valence-electron chi connectivity index (χ3n) is 4.68. The molecular weight excluding hydrogens is 356 g/mol. The van der Waals surface area contributed by atoms with Gasteiger partial charge in [0.15, 0.2) is 11.5 Å². The Bertz CT molecular complexity index is 660. The summed E-state index contributed by atoms with van der Waals surface area (Å²) >= 11 is 0. The number of hydrogen-bond acceptors (Lipinski definition) is 6. The molecule has 1 atom stereocenters. The molecule has 28 heavy (non-hydrogen) atoms. The molecule has 0 unspecified atom stereocenters. The lowest BCUT2D eigenvalue weighted by Crippen LogP contribution is -2.35. The molecule has 1 aromatic heterocycles. The fraction of sp³-hybridized carbons (Fsp3) is 0.571. The number of ether oxygens (including phenoxy) is 2. The Hall–Kier alpha value is -2.09. The van der Waals surface area contributed by atoms with E-state index in [1.807, 2.05) is 30.7 Å². The maximum atomic E-state index is 10.2. The van der Waals surface area contributed by atoms with Crippen LogP contribution in [0, 0.1) is 0 Å². The molecular formula is C21H34N4O3. The predicted octanol–water partition coefficient (Wildman–Crippen LogP) is 2.15. The molecule has 0 radical (unpaired) electrons. The number of methoxy groups -OCH3 is 1. The number of aliphatic hydroxyl groups excluding tert-OH is 1. The van der Waals surface area contributed by atoms with Crippen molar-refractivity contribution < 1.29 is 14.6 Å². The quantitative estimate of drug-likeness (QED) is 0.482. The van der Waals surface area contributed by atoms with Crippen molar-refractivity contribution in [3.05, 3.63) is 42.5 Å². The summed E-state index contributed by atoms with van der Waals surface area (Å²) in [6.07, 6.45) is 6.12. The molecule has 1 aromatic carbocycles. The Morgan fingerprint density at radius 3 is 2.75 bits per heavy atom. The first kappa shape index (κ1) is 22.2. The Morgan fingerprint density at radius 1 is 1.25 bits per heavy atom.